The Morgan fingerprint density at radius 1 is 1.07 bits per heavy atom. The summed E-state index contributed by atoms with van der Waals surface area (Å²) in [5, 5.41) is 3.60. The van der Waals surface area contributed by atoms with Crippen molar-refractivity contribution >= 4 is 0 Å². The van der Waals surface area contributed by atoms with Gasteiger partial charge in [0, 0.05) is 6.04 Å². The van der Waals surface area contributed by atoms with Crippen LogP contribution >= 0.6 is 0 Å². The maximum absolute atomic E-state index is 3.60. The van der Waals surface area contributed by atoms with E-state index < -0.39 is 0 Å². The summed E-state index contributed by atoms with van der Waals surface area (Å²) in [4.78, 5) is 0. The van der Waals surface area contributed by atoms with E-state index in [1.54, 1.807) is 0 Å². The molecule has 3 unspecified atom stereocenters. The van der Waals surface area contributed by atoms with E-state index in [-0.39, 0.29) is 0 Å². The summed E-state index contributed by atoms with van der Waals surface area (Å²) in [7, 11) is 2.18. The zero-order valence-corrected chi connectivity index (χ0v) is 10.0. The molecule has 0 bridgehead atoms. The van der Waals surface area contributed by atoms with Crippen LogP contribution in [0.15, 0.2) is 0 Å². The summed E-state index contributed by atoms with van der Waals surface area (Å²) in [6, 6.07) is 0.860. The van der Waals surface area contributed by atoms with Gasteiger partial charge in [0.1, 0.15) is 0 Å². The first kappa shape index (κ1) is 10.1. The van der Waals surface area contributed by atoms with Crippen LogP contribution in [0.1, 0.15) is 51.4 Å². The summed E-state index contributed by atoms with van der Waals surface area (Å²) in [6.45, 7) is 0. The molecule has 3 aliphatic rings. The standard InChI is InChI=1S/C14H25N/c1-15-13(9-8-10-6-7-10)14-11-4-2-3-5-12(11)14/h10-15H,2-9H2,1H3. The second-order valence-corrected chi connectivity index (χ2v) is 6.11. The smallest absolute Gasteiger partial charge is 0.00979 e. The first-order valence-corrected chi connectivity index (χ1v) is 7.07. The van der Waals surface area contributed by atoms with Crippen LogP contribution in [0.2, 0.25) is 0 Å². The van der Waals surface area contributed by atoms with Crippen LogP contribution in [0, 0.1) is 23.7 Å². The molecule has 15 heavy (non-hydrogen) atoms. The van der Waals surface area contributed by atoms with Crippen molar-refractivity contribution in [3.05, 3.63) is 0 Å². The zero-order valence-electron chi connectivity index (χ0n) is 10.0. The van der Waals surface area contributed by atoms with Crippen LogP contribution in [0.3, 0.4) is 0 Å². The van der Waals surface area contributed by atoms with E-state index in [4.69, 9.17) is 0 Å². The molecule has 3 aliphatic carbocycles. The molecule has 0 aromatic heterocycles. The van der Waals surface area contributed by atoms with E-state index in [0.717, 1.165) is 29.7 Å². The number of fused-ring (bicyclic) bond motifs is 1. The Hall–Kier alpha value is -0.0400. The van der Waals surface area contributed by atoms with Gasteiger partial charge >= 0.3 is 0 Å². The third kappa shape index (κ3) is 2.08. The number of nitrogens with one attached hydrogen (secondary N) is 1. The molecule has 3 atom stereocenters. The highest BCUT2D eigenvalue weighted by atomic mass is 14.9. The maximum Gasteiger partial charge on any atom is 0.00979 e. The minimum Gasteiger partial charge on any atom is -0.317 e. The molecule has 1 heteroatoms. The lowest BCUT2D eigenvalue weighted by Crippen LogP contribution is -2.28. The quantitative estimate of drug-likeness (QED) is 0.730. The summed E-state index contributed by atoms with van der Waals surface area (Å²) < 4.78 is 0. The Bertz CT molecular complexity index is 209. The average molecular weight is 207 g/mol. The Morgan fingerprint density at radius 2 is 1.73 bits per heavy atom. The number of hydrogen-bond acceptors (Lipinski definition) is 1. The number of hydrogen-bond donors (Lipinski definition) is 1. The molecule has 3 rings (SSSR count). The van der Waals surface area contributed by atoms with Crippen LogP contribution < -0.4 is 5.32 Å². The van der Waals surface area contributed by atoms with Crippen molar-refractivity contribution in [1.82, 2.24) is 5.32 Å². The zero-order chi connectivity index (χ0) is 10.3. The Labute approximate surface area is 94.0 Å². The minimum absolute atomic E-state index is 0.860. The fourth-order valence-electron chi connectivity index (χ4n) is 4.00. The molecule has 0 aliphatic heterocycles. The molecule has 0 amide bonds. The van der Waals surface area contributed by atoms with Crippen molar-refractivity contribution < 1.29 is 0 Å². The molecule has 0 saturated heterocycles. The monoisotopic (exact) mass is 207 g/mol. The third-order valence-electron chi connectivity index (χ3n) is 5.14. The van der Waals surface area contributed by atoms with Crippen LogP contribution in [0.5, 0.6) is 0 Å². The second kappa shape index (κ2) is 4.08. The molecule has 0 spiro atoms. The predicted molar refractivity (Wildman–Crippen MR) is 63.7 cm³/mol. The van der Waals surface area contributed by atoms with Crippen molar-refractivity contribution in [2.75, 3.05) is 7.05 Å². The third-order valence-corrected chi connectivity index (χ3v) is 5.14. The van der Waals surface area contributed by atoms with Crippen molar-refractivity contribution in [1.29, 1.82) is 0 Å². The minimum atomic E-state index is 0.860. The summed E-state index contributed by atoms with van der Waals surface area (Å²) in [6.07, 6.45) is 12.1. The fraction of sp³-hybridized carbons (Fsp3) is 1.00. The van der Waals surface area contributed by atoms with Gasteiger partial charge in [0.05, 0.1) is 0 Å². The largest absolute Gasteiger partial charge is 0.317 e. The van der Waals surface area contributed by atoms with Crippen LogP contribution in [0.25, 0.3) is 0 Å². The molecule has 1 nitrogen and oxygen atoms in total. The van der Waals surface area contributed by atoms with Crippen LogP contribution in [-0.4, -0.2) is 13.1 Å². The Balaban J connectivity index is 1.50. The maximum atomic E-state index is 3.60. The van der Waals surface area contributed by atoms with Crippen molar-refractivity contribution in [3.8, 4) is 0 Å². The molecule has 1 N–H and O–H groups in total. The lowest BCUT2D eigenvalue weighted by atomic mass is 10.0. The van der Waals surface area contributed by atoms with Gasteiger partial charge in [-0.3, -0.25) is 0 Å². The SMILES string of the molecule is CNC(CCC1CC1)C1C2CCCCC21. The van der Waals surface area contributed by atoms with Crippen LogP contribution in [0.4, 0.5) is 0 Å². The molecule has 0 aromatic rings. The molecular weight excluding hydrogens is 182 g/mol. The van der Waals surface area contributed by atoms with Crippen LogP contribution in [-0.2, 0) is 0 Å². The van der Waals surface area contributed by atoms with E-state index in [2.05, 4.69) is 12.4 Å². The van der Waals surface area contributed by atoms with Crippen molar-refractivity contribution in [2.45, 2.75) is 57.4 Å². The highest BCUT2D eigenvalue weighted by Crippen LogP contribution is 2.57. The van der Waals surface area contributed by atoms with Gasteiger partial charge in [-0.25, -0.2) is 0 Å². The van der Waals surface area contributed by atoms with Gasteiger partial charge in [-0.15, -0.1) is 0 Å². The molecule has 86 valence electrons. The fourth-order valence-corrected chi connectivity index (χ4v) is 4.00. The molecule has 0 radical (unpaired) electrons. The van der Waals surface area contributed by atoms with Gasteiger partial charge in [-0.1, -0.05) is 25.7 Å². The van der Waals surface area contributed by atoms with E-state index in [9.17, 15) is 0 Å². The number of rotatable bonds is 5. The van der Waals surface area contributed by atoms with E-state index >= 15 is 0 Å². The summed E-state index contributed by atoms with van der Waals surface area (Å²) >= 11 is 0. The molecule has 0 aromatic carbocycles. The topological polar surface area (TPSA) is 12.0 Å². The summed E-state index contributed by atoms with van der Waals surface area (Å²) in [5.41, 5.74) is 0. The van der Waals surface area contributed by atoms with E-state index in [0.29, 0.717) is 0 Å². The highest BCUT2D eigenvalue weighted by molar-refractivity contribution is 5.04. The predicted octanol–water partition coefficient (Wildman–Crippen LogP) is 3.20. The molecular formula is C14H25N. The second-order valence-electron chi connectivity index (χ2n) is 6.11. The lowest BCUT2D eigenvalue weighted by Gasteiger charge is -2.16. The van der Waals surface area contributed by atoms with Gasteiger partial charge in [0.2, 0.25) is 0 Å². The van der Waals surface area contributed by atoms with Crippen molar-refractivity contribution in [3.63, 3.8) is 0 Å². The first-order chi connectivity index (χ1) is 7.40. The van der Waals surface area contributed by atoms with Crippen molar-refractivity contribution in [2.24, 2.45) is 23.7 Å². The highest BCUT2D eigenvalue weighted by Gasteiger charge is 2.53. The Morgan fingerprint density at radius 3 is 2.27 bits per heavy atom. The van der Waals surface area contributed by atoms with Gasteiger partial charge in [-0.2, -0.15) is 0 Å². The van der Waals surface area contributed by atoms with E-state index in [1.165, 1.54) is 51.4 Å². The molecule has 3 fully saturated rings. The van der Waals surface area contributed by atoms with E-state index in [1.807, 2.05) is 0 Å². The van der Waals surface area contributed by atoms with Gasteiger partial charge in [0.25, 0.3) is 0 Å². The Kier molecular flexibility index (Phi) is 2.76. The first-order valence-electron chi connectivity index (χ1n) is 7.07. The normalized spacial score (nSPS) is 41.0. The van der Waals surface area contributed by atoms with Gasteiger partial charge < -0.3 is 5.32 Å². The van der Waals surface area contributed by atoms with Gasteiger partial charge in [0.15, 0.2) is 0 Å². The summed E-state index contributed by atoms with van der Waals surface area (Å²) in [5.74, 6) is 4.42. The lowest BCUT2D eigenvalue weighted by molar-refractivity contribution is 0.414. The molecule has 3 saturated carbocycles. The molecule has 0 heterocycles. The average Bonchev–Trinajstić information content (AvgIpc) is 3.13. The van der Waals surface area contributed by atoms with Gasteiger partial charge in [-0.05, 0) is 56.4 Å².